The topological polar surface area (TPSA) is 42.9 Å². The van der Waals surface area contributed by atoms with Gasteiger partial charge in [0, 0.05) is 6.20 Å². The maximum atomic E-state index is 10.4. The molecule has 0 fully saturated rings. The lowest BCUT2D eigenvalue weighted by Crippen LogP contribution is -1.69. The van der Waals surface area contributed by atoms with Crippen LogP contribution in [0, 0.1) is 6.92 Å². The fourth-order valence-electron chi connectivity index (χ4n) is 0.936. The average molecular weight is 210 g/mol. The molecule has 0 radical (unpaired) electrons. The van der Waals surface area contributed by atoms with Gasteiger partial charge in [-0.1, -0.05) is 0 Å². The quantitative estimate of drug-likeness (QED) is 0.715. The summed E-state index contributed by atoms with van der Waals surface area (Å²) < 4.78 is 4.16. The Bertz CT molecular complexity index is 433. The highest BCUT2D eigenvalue weighted by Crippen LogP contribution is 2.28. The van der Waals surface area contributed by atoms with E-state index in [1.165, 1.54) is 22.9 Å². The number of aromatic nitrogens is 2. The summed E-state index contributed by atoms with van der Waals surface area (Å²) in [6.45, 7) is 1.95. The van der Waals surface area contributed by atoms with Gasteiger partial charge in [0.1, 0.15) is 0 Å². The molecule has 2 rings (SSSR count). The highest BCUT2D eigenvalue weighted by molar-refractivity contribution is 7.20. The molecule has 66 valence electrons. The molecule has 0 aromatic carbocycles. The fourth-order valence-corrected chi connectivity index (χ4v) is 2.48. The van der Waals surface area contributed by atoms with Crippen molar-refractivity contribution >= 4 is 29.2 Å². The Balaban J connectivity index is 2.40. The first-order valence-corrected chi connectivity index (χ1v) is 5.23. The molecule has 13 heavy (non-hydrogen) atoms. The first-order valence-electron chi connectivity index (χ1n) is 3.64. The van der Waals surface area contributed by atoms with Gasteiger partial charge < -0.3 is 0 Å². The summed E-state index contributed by atoms with van der Waals surface area (Å²) in [6, 6.07) is 1.99. The molecule has 0 aliphatic carbocycles. The second-order valence-electron chi connectivity index (χ2n) is 2.51. The predicted octanol–water partition coefficient (Wildman–Crippen LogP) is 2.39. The summed E-state index contributed by atoms with van der Waals surface area (Å²) in [7, 11) is 0. The minimum atomic E-state index is 0.515. The smallest absolute Gasteiger partial charge is 0.178 e. The van der Waals surface area contributed by atoms with E-state index in [1.54, 1.807) is 6.20 Å². The van der Waals surface area contributed by atoms with Gasteiger partial charge in [0.25, 0.3) is 0 Å². The normalized spacial score (nSPS) is 10.2. The number of aldehydes is 1. The van der Waals surface area contributed by atoms with Gasteiger partial charge in [-0.15, -0.1) is 11.3 Å². The van der Waals surface area contributed by atoms with Gasteiger partial charge in [0.2, 0.25) is 0 Å². The third-order valence-electron chi connectivity index (χ3n) is 1.50. The molecule has 0 amide bonds. The Kier molecular flexibility index (Phi) is 2.20. The first-order chi connectivity index (χ1) is 6.29. The van der Waals surface area contributed by atoms with E-state index in [4.69, 9.17) is 0 Å². The summed E-state index contributed by atoms with van der Waals surface area (Å²) in [5.41, 5.74) is 1.00. The maximum absolute atomic E-state index is 10.4. The highest BCUT2D eigenvalue weighted by atomic mass is 32.1. The molecule has 0 bridgehead atoms. The van der Waals surface area contributed by atoms with Crippen molar-refractivity contribution in [3.8, 4) is 9.75 Å². The van der Waals surface area contributed by atoms with Crippen molar-refractivity contribution < 1.29 is 4.79 Å². The maximum Gasteiger partial charge on any atom is 0.178 e. The molecular weight excluding hydrogens is 204 g/mol. The Hall–Kier alpha value is -1.07. The van der Waals surface area contributed by atoms with Gasteiger partial charge in [-0.05, 0) is 24.5 Å². The molecule has 0 unspecified atom stereocenters. The van der Waals surface area contributed by atoms with Crippen LogP contribution in [-0.4, -0.2) is 15.6 Å². The zero-order chi connectivity index (χ0) is 9.26. The SMILES string of the molecule is Cc1cc(-c2cnc(C=O)s2)sn1. The van der Waals surface area contributed by atoms with Crippen LogP contribution in [0.2, 0.25) is 0 Å². The number of carbonyl (C=O) groups excluding carboxylic acids is 1. The Morgan fingerprint density at radius 1 is 1.46 bits per heavy atom. The number of hydrogen-bond donors (Lipinski definition) is 0. The Labute approximate surface area is 83.2 Å². The monoisotopic (exact) mass is 210 g/mol. The van der Waals surface area contributed by atoms with Gasteiger partial charge in [-0.2, -0.15) is 4.37 Å². The van der Waals surface area contributed by atoms with E-state index in [0.717, 1.165) is 21.7 Å². The van der Waals surface area contributed by atoms with Crippen molar-refractivity contribution in [1.82, 2.24) is 9.36 Å². The van der Waals surface area contributed by atoms with Crippen LogP contribution in [0.25, 0.3) is 9.75 Å². The second kappa shape index (κ2) is 3.35. The number of nitrogens with zero attached hydrogens (tertiary/aromatic N) is 2. The second-order valence-corrected chi connectivity index (χ2v) is 4.38. The average Bonchev–Trinajstić information content (AvgIpc) is 2.71. The van der Waals surface area contributed by atoms with E-state index in [-0.39, 0.29) is 0 Å². The van der Waals surface area contributed by atoms with Crippen LogP contribution in [0.3, 0.4) is 0 Å². The van der Waals surface area contributed by atoms with Gasteiger partial charge in [0.15, 0.2) is 11.3 Å². The van der Waals surface area contributed by atoms with Crippen LogP contribution in [0.4, 0.5) is 0 Å². The Morgan fingerprint density at radius 2 is 2.31 bits per heavy atom. The predicted molar refractivity (Wildman–Crippen MR) is 53.3 cm³/mol. The molecule has 0 saturated carbocycles. The fraction of sp³-hybridized carbons (Fsp3) is 0.125. The van der Waals surface area contributed by atoms with Crippen molar-refractivity contribution in [3.63, 3.8) is 0 Å². The minimum absolute atomic E-state index is 0.515. The van der Waals surface area contributed by atoms with Gasteiger partial charge in [-0.25, -0.2) is 4.98 Å². The minimum Gasteiger partial charge on any atom is -0.295 e. The molecule has 0 N–H and O–H groups in total. The molecule has 0 spiro atoms. The van der Waals surface area contributed by atoms with Crippen LogP contribution >= 0.6 is 22.9 Å². The summed E-state index contributed by atoms with van der Waals surface area (Å²) in [5.74, 6) is 0. The van der Waals surface area contributed by atoms with E-state index >= 15 is 0 Å². The van der Waals surface area contributed by atoms with Crippen molar-refractivity contribution in [2.24, 2.45) is 0 Å². The van der Waals surface area contributed by atoms with Crippen LogP contribution < -0.4 is 0 Å². The summed E-state index contributed by atoms with van der Waals surface area (Å²) in [5, 5.41) is 0.515. The van der Waals surface area contributed by atoms with Gasteiger partial charge >= 0.3 is 0 Å². The van der Waals surface area contributed by atoms with E-state index in [1.807, 2.05) is 13.0 Å². The van der Waals surface area contributed by atoms with Crippen molar-refractivity contribution in [2.45, 2.75) is 6.92 Å². The number of rotatable bonds is 2. The van der Waals surface area contributed by atoms with Crippen LogP contribution in [0.1, 0.15) is 15.5 Å². The van der Waals surface area contributed by atoms with E-state index in [0.29, 0.717) is 5.01 Å². The summed E-state index contributed by atoms with van der Waals surface area (Å²) in [6.07, 6.45) is 2.48. The van der Waals surface area contributed by atoms with Crippen molar-refractivity contribution in [1.29, 1.82) is 0 Å². The molecule has 2 aromatic heterocycles. The lowest BCUT2D eigenvalue weighted by Gasteiger charge is -1.83. The largest absolute Gasteiger partial charge is 0.295 e. The van der Waals surface area contributed by atoms with Crippen LogP contribution in [0.5, 0.6) is 0 Å². The standard InChI is InChI=1S/C8H6N2OS2/c1-5-2-6(13-10-5)7-3-9-8(4-11)12-7/h2-4H,1H3. The first kappa shape index (κ1) is 8.52. The third kappa shape index (κ3) is 1.66. The van der Waals surface area contributed by atoms with Crippen LogP contribution in [0.15, 0.2) is 12.3 Å². The zero-order valence-electron chi connectivity index (χ0n) is 6.85. The summed E-state index contributed by atoms with van der Waals surface area (Å²) in [4.78, 5) is 16.4. The molecule has 2 heterocycles. The molecule has 5 heteroatoms. The number of hydrogen-bond acceptors (Lipinski definition) is 5. The molecule has 0 aliphatic rings. The van der Waals surface area contributed by atoms with Crippen molar-refractivity contribution in [3.05, 3.63) is 23.0 Å². The third-order valence-corrected chi connectivity index (χ3v) is 3.49. The van der Waals surface area contributed by atoms with Gasteiger partial charge in [0.05, 0.1) is 15.4 Å². The summed E-state index contributed by atoms with van der Waals surface area (Å²) >= 11 is 2.82. The molecule has 0 aliphatic heterocycles. The molecular formula is C8H6N2OS2. The molecule has 3 nitrogen and oxygen atoms in total. The molecule has 0 atom stereocenters. The Morgan fingerprint density at radius 3 is 2.85 bits per heavy atom. The van der Waals surface area contributed by atoms with E-state index in [9.17, 15) is 4.79 Å². The van der Waals surface area contributed by atoms with Crippen molar-refractivity contribution in [2.75, 3.05) is 0 Å². The number of thiazole rings is 1. The number of carbonyl (C=O) groups is 1. The molecule has 2 aromatic rings. The molecule has 0 saturated heterocycles. The van der Waals surface area contributed by atoms with Gasteiger partial charge in [-0.3, -0.25) is 4.79 Å². The van der Waals surface area contributed by atoms with Crippen LogP contribution in [-0.2, 0) is 0 Å². The van der Waals surface area contributed by atoms with E-state index in [2.05, 4.69) is 9.36 Å². The zero-order valence-corrected chi connectivity index (χ0v) is 8.48. The lowest BCUT2D eigenvalue weighted by molar-refractivity contribution is 0.112. The lowest BCUT2D eigenvalue weighted by atomic mass is 10.4. The highest BCUT2D eigenvalue weighted by Gasteiger charge is 2.05. The number of aryl methyl sites for hydroxylation is 1. The van der Waals surface area contributed by atoms with E-state index < -0.39 is 0 Å².